The monoisotopic (exact) mass is 375 g/mol. The van der Waals surface area contributed by atoms with Gasteiger partial charge in [0.1, 0.15) is 18.2 Å². The lowest BCUT2D eigenvalue weighted by molar-refractivity contribution is 0.300. The summed E-state index contributed by atoms with van der Waals surface area (Å²) >= 11 is 0. The van der Waals surface area contributed by atoms with Crippen molar-refractivity contribution in [2.24, 2.45) is 0 Å². The summed E-state index contributed by atoms with van der Waals surface area (Å²) in [5.74, 6) is 0.825. The molecule has 0 fully saturated rings. The van der Waals surface area contributed by atoms with E-state index in [4.69, 9.17) is 4.74 Å². The molecule has 6 heteroatoms. The maximum Gasteiger partial charge on any atom is 0.282 e. The molecule has 5 nitrogen and oxygen atoms in total. The van der Waals surface area contributed by atoms with Crippen molar-refractivity contribution < 1.29 is 9.13 Å². The van der Waals surface area contributed by atoms with Crippen molar-refractivity contribution >= 4 is 22.5 Å². The Hall–Kier alpha value is -3.67. The van der Waals surface area contributed by atoms with E-state index < -0.39 is 0 Å². The molecular formula is C22H18FN3O2. The second-order valence-corrected chi connectivity index (χ2v) is 6.20. The zero-order chi connectivity index (χ0) is 19.3. The van der Waals surface area contributed by atoms with Gasteiger partial charge in [-0.15, -0.1) is 0 Å². The lowest BCUT2D eigenvalue weighted by Gasteiger charge is -2.17. The van der Waals surface area contributed by atoms with E-state index in [-0.39, 0.29) is 11.4 Å². The summed E-state index contributed by atoms with van der Waals surface area (Å²) in [5.41, 5.74) is 1.07. The molecule has 140 valence electrons. The number of nitrogens with zero attached hydrogens (tertiary/aromatic N) is 2. The van der Waals surface area contributed by atoms with Crippen molar-refractivity contribution in [3.05, 3.63) is 95.0 Å². The van der Waals surface area contributed by atoms with Crippen LogP contribution in [0.1, 0.15) is 0 Å². The molecule has 0 unspecified atom stereocenters. The average molecular weight is 375 g/mol. The Morgan fingerprint density at radius 1 is 0.929 bits per heavy atom. The number of nitrogens with one attached hydrogen (secondary N) is 1. The summed E-state index contributed by atoms with van der Waals surface area (Å²) in [6.07, 6.45) is 0. The second-order valence-electron chi connectivity index (χ2n) is 6.20. The molecule has 4 aromatic rings. The number of aromatic nitrogens is 2. The van der Waals surface area contributed by atoms with E-state index in [9.17, 15) is 9.18 Å². The highest BCUT2D eigenvalue weighted by molar-refractivity contribution is 5.79. The molecule has 0 amide bonds. The van der Waals surface area contributed by atoms with Gasteiger partial charge in [0.2, 0.25) is 5.95 Å². The Labute approximate surface area is 161 Å². The molecule has 0 atom stereocenters. The first kappa shape index (κ1) is 17.7. The van der Waals surface area contributed by atoms with Crippen LogP contribution >= 0.6 is 0 Å². The quantitative estimate of drug-likeness (QED) is 0.544. The fourth-order valence-electron chi connectivity index (χ4n) is 2.98. The predicted octanol–water partition coefficient (Wildman–Crippen LogP) is 4.36. The Balaban J connectivity index is 1.67. The van der Waals surface area contributed by atoms with E-state index >= 15 is 0 Å². The van der Waals surface area contributed by atoms with Gasteiger partial charge in [0.25, 0.3) is 5.56 Å². The van der Waals surface area contributed by atoms with Crippen LogP contribution in [0.2, 0.25) is 0 Å². The summed E-state index contributed by atoms with van der Waals surface area (Å²) in [6, 6.07) is 22.7. The highest BCUT2D eigenvalue weighted by Crippen LogP contribution is 2.19. The topological polar surface area (TPSA) is 56.2 Å². The van der Waals surface area contributed by atoms with E-state index in [1.54, 1.807) is 18.2 Å². The van der Waals surface area contributed by atoms with Crippen LogP contribution < -0.4 is 15.6 Å². The third-order valence-corrected chi connectivity index (χ3v) is 4.32. The first-order valence-corrected chi connectivity index (χ1v) is 8.91. The van der Waals surface area contributed by atoms with Crippen molar-refractivity contribution in [1.82, 2.24) is 9.55 Å². The Morgan fingerprint density at radius 2 is 1.64 bits per heavy atom. The van der Waals surface area contributed by atoms with Crippen molar-refractivity contribution in [2.45, 2.75) is 6.54 Å². The molecule has 0 aliphatic heterocycles. The number of halogens is 1. The minimum atomic E-state index is -0.328. The Kier molecular flexibility index (Phi) is 5.01. The number of benzene rings is 3. The highest BCUT2D eigenvalue weighted by Gasteiger charge is 2.11. The molecule has 0 radical (unpaired) electrons. The number of hydrogen-bond donors (Lipinski definition) is 1. The fraction of sp³-hybridized carbons (Fsp3) is 0.0909. The van der Waals surface area contributed by atoms with Crippen LogP contribution in [0.5, 0.6) is 5.75 Å². The van der Waals surface area contributed by atoms with E-state index in [1.165, 1.54) is 12.1 Å². The number of ether oxygens (including phenoxy) is 1. The van der Waals surface area contributed by atoms with Gasteiger partial charge in [0.05, 0.1) is 17.4 Å². The largest absolute Gasteiger partial charge is 0.492 e. The van der Waals surface area contributed by atoms with E-state index in [1.807, 2.05) is 53.1 Å². The van der Waals surface area contributed by atoms with Gasteiger partial charge in [-0.2, -0.15) is 4.98 Å². The summed E-state index contributed by atoms with van der Waals surface area (Å²) in [7, 11) is 0. The summed E-state index contributed by atoms with van der Waals surface area (Å²) in [6.45, 7) is 0.878. The molecule has 0 aliphatic carbocycles. The third-order valence-electron chi connectivity index (χ3n) is 4.32. The number of hydrogen-bond acceptors (Lipinski definition) is 4. The summed E-state index contributed by atoms with van der Waals surface area (Å²) in [4.78, 5) is 16.6. The molecule has 1 N–H and O–H groups in total. The fourth-order valence-corrected chi connectivity index (χ4v) is 2.98. The Bertz CT molecular complexity index is 1140. The van der Waals surface area contributed by atoms with Gasteiger partial charge in [-0.3, -0.25) is 4.79 Å². The molecule has 0 saturated heterocycles. The van der Waals surface area contributed by atoms with E-state index in [0.29, 0.717) is 30.2 Å². The van der Waals surface area contributed by atoms with Crippen LogP contribution in [0.25, 0.3) is 10.9 Å². The van der Waals surface area contributed by atoms with Crippen LogP contribution in [0.4, 0.5) is 16.0 Å². The molecule has 4 rings (SSSR count). The van der Waals surface area contributed by atoms with Crippen molar-refractivity contribution in [3.8, 4) is 5.75 Å². The minimum absolute atomic E-state index is 0.319. The third kappa shape index (κ3) is 3.86. The van der Waals surface area contributed by atoms with Gasteiger partial charge in [-0.25, -0.2) is 4.39 Å². The number of fused-ring (bicyclic) bond motifs is 1. The van der Waals surface area contributed by atoms with Gasteiger partial charge < -0.3 is 14.6 Å². The molecular weight excluding hydrogens is 357 g/mol. The molecule has 3 aromatic carbocycles. The maximum absolute atomic E-state index is 13.2. The number of anilines is 2. The van der Waals surface area contributed by atoms with Crippen molar-refractivity contribution in [1.29, 1.82) is 0 Å². The first-order valence-electron chi connectivity index (χ1n) is 8.91. The SMILES string of the molecule is O=c1nc(Nc2ccc(F)cc2)n(CCOc2ccccc2)c2ccccc12. The molecule has 0 saturated carbocycles. The average Bonchev–Trinajstić information content (AvgIpc) is 2.73. The molecule has 0 bridgehead atoms. The van der Waals surface area contributed by atoms with Crippen LogP contribution in [0, 0.1) is 5.82 Å². The predicted molar refractivity (Wildman–Crippen MR) is 108 cm³/mol. The van der Waals surface area contributed by atoms with Crippen molar-refractivity contribution in [3.63, 3.8) is 0 Å². The zero-order valence-electron chi connectivity index (χ0n) is 15.0. The normalized spacial score (nSPS) is 10.8. The first-order chi connectivity index (χ1) is 13.7. The highest BCUT2D eigenvalue weighted by atomic mass is 19.1. The van der Waals surface area contributed by atoms with Gasteiger partial charge in [0, 0.05) is 5.69 Å². The van der Waals surface area contributed by atoms with Crippen molar-refractivity contribution in [2.75, 3.05) is 11.9 Å². The summed E-state index contributed by atoms with van der Waals surface area (Å²) < 4.78 is 20.9. The van der Waals surface area contributed by atoms with E-state index in [0.717, 1.165) is 11.3 Å². The standard InChI is InChI=1S/C22H18FN3O2/c23-16-10-12-17(13-11-16)24-22-25-21(27)19-8-4-5-9-20(19)26(22)14-15-28-18-6-2-1-3-7-18/h1-13H,14-15H2,(H,24,25,27). The van der Waals surface area contributed by atoms with Crippen LogP contribution in [0.3, 0.4) is 0 Å². The van der Waals surface area contributed by atoms with Crippen LogP contribution in [0.15, 0.2) is 83.7 Å². The minimum Gasteiger partial charge on any atom is -0.492 e. The number of rotatable bonds is 6. The van der Waals surface area contributed by atoms with Gasteiger partial charge in [0.15, 0.2) is 0 Å². The molecule has 1 heterocycles. The zero-order valence-corrected chi connectivity index (χ0v) is 15.0. The van der Waals surface area contributed by atoms with E-state index in [2.05, 4.69) is 10.3 Å². The Morgan fingerprint density at radius 3 is 2.43 bits per heavy atom. The molecule has 0 aliphatic rings. The maximum atomic E-state index is 13.2. The lowest BCUT2D eigenvalue weighted by Crippen LogP contribution is -2.20. The molecule has 1 aromatic heterocycles. The molecule has 28 heavy (non-hydrogen) atoms. The van der Waals surface area contributed by atoms with Gasteiger partial charge in [-0.1, -0.05) is 30.3 Å². The summed E-state index contributed by atoms with van der Waals surface area (Å²) in [5, 5.41) is 3.65. The van der Waals surface area contributed by atoms with Gasteiger partial charge in [-0.05, 0) is 48.5 Å². The van der Waals surface area contributed by atoms with Crippen LogP contribution in [-0.2, 0) is 6.54 Å². The lowest BCUT2D eigenvalue weighted by atomic mass is 10.2. The number of para-hydroxylation sites is 2. The van der Waals surface area contributed by atoms with Crippen LogP contribution in [-0.4, -0.2) is 16.2 Å². The second kappa shape index (κ2) is 7.92. The van der Waals surface area contributed by atoms with Gasteiger partial charge >= 0.3 is 0 Å². The molecule has 0 spiro atoms. The smallest absolute Gasteiger partial charge is 0.282 e.